The van der Waals surface area contributed by atoms with Crippen molar-refractivity contribution < 1.29 is 13.9 Å². The number of esters is 1. The highest BCUT2D eigenvalue weighted by Gasteiger charge is 2.17. The molecule has 0 aliphatic rings. The fourth-order valence-corrected chi connectivity index (χ4v) is 3.09. The van der Waals surface area contributed by atoms with Crippen LogP contribution in [0.3, 0.4) is 0 Å². The first-order valence-electron chi connectivity index (χ1n) is 7.06. The van der Waals surface area contributed by atoms with Crippen molar-refractivity contribution in [2.24, 2.45) is 0 Å². The average Bonchev–Trinajstić information content (AvgIpc) is 2.87. The van der Waals surface area contributed by atoms with E-state index in [1.54, 1.807) is 26.0 Å². The Bertz CT molecular complexity index is 984. The quantitative estimate of drug-likeness (QED) is 0.529. The molecule has 0 aliphatic carbocycles. The first kappa shape index (κ1) is 15.4. The van der Waals surface area contributed by atoms with Crippen molar-refractivity contribution in [2.75, 3.05) is 0 Å². The third-order valence-electron chi connectivity index (χ3n) is 3.49. The van der Waals surface area contributed by atoms with Gasteiger partial charge in [0.05, 0.1) is 21.7 Å². The Labute approximate surface area is 136 Å². The van der Waals surface area contributed by atoms with Crippen LogP contribution in [0.1, 0.15) is 23.3 Å². The maximum Gasteiger partial charge on any atom is 0.308 e. The number of carbonyl (C=O) groups excluding carboxylic acids is 1. The molecule has 1 aromatic carbocycles. The van der Waals surface area contributed by atoms with Gasteiger partial charge in [0.1, 0.15) is 17.1 Å². The van der Waals surface area contributed by atoms with Crippen molar-refractivity contribution in [2.45, 2.75) is 27.7 Å². The predicted octanol–water partition coefficient (Wildman–Crippen LogP) is 3.77. The number of hydrogen-bond donors (Lipinski definition) is 0. The van der Waals surface area contributed by atoms with E-state index in [2.05, 4.69) is 4.98 Å². The van der Waals surface area contributed by atoms with Crippen molar-refractivity contribution in [1.82, 2.24) is 4.98 Å². The van der Waals surface area contributed by atoms with E-state index in [1.807, 2.05) is 12.3 Å². The summed E-state index contributed by atoms with van der Waals surface area (Å²) in [7, 11) is 0. The lowest BCUT2D eigenvalue weighted by Gasteiger charge is -2.09. The van der Waals surface area contributed by atoms with Crippen molar-refractivity contribution >= 4 is 28.3 Å². The van der Waals surface area contributed by atoms with Gasteiger partial charge in [-0.2, -0.15) is 0 Å². The molecular weight excluding hydrogens is 314 g/mol. The van der Waals surface area contributed by atoms with Crippen LogP contribution < -0.4 is 10.2 Å². The summed E-state index contributed by atoms with van der Waals surface area (Å²) in [5, 5.41) is 3.19. The second-order valence-electron chi connectivity index (χ2n) is 5.32. The van der Waals surface area contributed by atoms with E-state index in [0.29, 0.717) is 39.3 Å². The Morgan fingerprint density at radius 2 is 2.00 bits per heavy atom. The average molecular weight is 329 g/mol. The number of fused-ring (bicyclic) bond motifs is 1. The van der Waals surface area contributed by atoms with Gasteiger partial charge >= 0.3 is 5.97 Å². The topological polar surface area (TPSA) is 69.4 Å². The molecule has 0 amide bonds. The molecule has 3 rings (SSSR count). The minimum Gasteiger partial charge on any atom is -0.460 e. The summed E-state index contributed by atoms with van der Waals surface area (Å²) in [6, 6.07) is 3.26. The molecule has 2 aromatic heterocycles. The van der Waals surface area contributed by atoms with Gasteiger partial charge in [0.15, 0.2) is 0 Å². The van der Waals surface area contributed by atoms with Crippen LogP contribution in [0.4, 0.5) is 0 Å². The van der Waals surface area contributed by atoms with Crippen LogP contribution in [-0.2, 0) is 4.79 Å². The molecule has 0 saturated carbocycles. The highest BCUT2D eigenvalue weighted by molar-refractivity contribution is 7.09. The van der Waals surface area contributed by atoms with Gasteiger partial charge in [-0.15, -0.1) is 11.3 Å². The molecule has 0 saturated heterocycles. The lowest BCUT2D eigenvalue weighted by Crippen LogP contribution is -2.09. The zero-order chi connectivity index (χ0) is 16.7. The number of benzene rings is 1. The second kappa shape index (κ2) is 5.62. The van der Waals surface area contributed by atoms with Gasteiger partial charge in [-0.25, -0.2) is 4.98 Å². The van der Waals surface area contributed by atoms with Gasteiger partial charge in [0, 0.05) is 18.4 Å². The fraction of sp³-hybridized carbons (Fsp3) is 0.235. The van der Waals surface area contributed by atoms with E-state index < -0.39 is 5.97 Å². The molecule has 6 heteroatoms. The molecule has 0 radical (unpaired) electrons. The maximum absolute atomic E-state index is 12.8. The molecule has 0 spiro atoms. The summed E-state index contributed by atoms with van der Waals surface area (Å²) in [5.41, 5.74) is 2.06. The van der Waals surface area contributed by atoms with E-state index in [1.165, 1.54) is 18.3 Å². The molecule has 0 unspecified atom stereocenters. The third kappa shape index (κ3) is 2.77. The number of nitrogens with zero attached hydrogens (tertiary/aromatic N) is 1. The fourth-order valence-electron chi connectivity index (χ4n) is 2.48. The zero-order valence-corrected chi connectivity index (χ0v) is 14.0. The molecule has 0 N–H and O–H groups in total. The zero-order valence-electron chi connectivity index (χ0n) is 13.2. The van der Waals surface area contributed by atoms with E-state index >= 15 is 0 Å². The Morgan fingerprint density at radius 1 is 1.26 bits per heavy atom. The van der Waals surface area contributed by atoms with Crippen LogP contribution >= 0.6 is 11.3 Å². The second-order valence-corrected chi connectivity index (χ2v) is 6.38. The van der Waals surface area contributed by atoms with Crippen molar-refractivity contribution in [1.29, 1.82) is 0 Å². The highest BCUT2D eigenvalue weighted by Crippen LogP contribution is 2.29. The van der Waals surface area contributed by atoms with Crippen LogP contribution in [0.15, 0.2) is 26.7 Å². The number of ether oxygens (including phenoxy) is 1. The Kier molecular flexibility index (Phi) is 3.77. The minimum atomic E-state index is -0.416. The van der Waals surface area contributed by atoms with Crippen LogP contribution in [0.25, 0.3) is 22.2 Å². The Balaban J connectivity index is 2.27. The van der Waals surface area contributed by atoms with Gasteiger partial charge in [0.2, 0.25) is 5.43 Å². The van der Waals surface area contributed by atoms with Gasteiger partial charge in [0.25, 0.3) is 0 Å². The van der Waals surface area contributed by atoms with Crippen molar-refractivity contribution in [3.63, 3.8) is 0 Å². The standard InChI is InChI=1S/C17H15NO4S/c1-8-5-12-15(6-14(8)22-11(4)19)21-9(2)16(17(12)20)13-7-23-10(3)18-13/h5-7H,1-4H3. The molecule has 0 fully saturated rings. The molecule has 3 aromatic rings. The van der Waals surface area contributed by atoms with Crippen LogP contribution in [-0.4, -0.2) is 11.0 Å². The SMILES string of the molecule is CC(=O)Oc1cc2oc(C)c(-c3csc(C)n3)c(=O)c2cc1C. The largest absolute Gasteiger partial charge is 0.460 e. The number of thiazole rings is 1. The molecule has 23 heavy (non-hydrogen) atoms. The summed E-state index contributed by atoms with van der Waals surface area (Å²) in [4.78, 5) is 28.4. The maximum atomic E-state index is 12.8. The van der Waals surface area contributed by atoms with Crippen molar-refractivity contribution in [3.8, 4) is 17.0 Å². The molecule has 0 aliphatic heterocycles. The lowest BCUT2D eigenvalue weighted by atomic mass is 10.1. The van der Waals surface area contributed by atoms with Crippen LogP contribution in [0.2, 0.25) is 0 Å². The number of rotatable bonds is 2. The minimum absolute atomic E-state index is 0.133. The Hall–Kier alpha value is -2.47. The first-order valence-corrected chi connectivity index (χ1v) is 7.93. The molecule has 118 valence electrons. The van der Waals surface area contributed by atoms with Gasteiger partial charge in [-0.3, -0.25) is 9.59 Å². The van der Waals surface area contributed by atoms with Crippen LogP contribution in [0, 0.1) is 20.8 Å². The molecular formula is C17H15NO4S. The number of aromatic nitrogens is 1. The van der Waals surface area contributed by atoms with E-state index in [4.69, 9.17) is 9.15 Å². The van der Waals surface area contributed by atoms with Crippen molar-refractivity contribution in [3.05, 3.63) is 44.1 Å². The number of carbonyl (C=O) groups is 1. The van der Waals surface area contributed by atoms with E-state index in [-0.39, 0.29) is 5.43 Å². The number of aryl methyl sites for hydroxylation is 3. The van der Waals surface area contributed by atoms with E-state index in [9.17, 15) is 9.59 Å². The lowest BCUT2D eigenvalue weighted by molar-refractivity contribution is -0.131. The molecule has 0 bridgehead atoms. The monoisotopic (exact) mass is 329 g/mol. The van der Waals surface area contributed by atoms with Gasteiger partial charge in [-0.1, -0.05) is 0 Å². The summed E-state index contributed by atoms with van der Waals surface area (Å²) in [6.45, 7) is 6.74. The summed E-state index contributed by atoms with van der Waals surface area (Å²) in [5.74, 6) is 0.469. The highest BCUT2D eigenvalue weighted by atomic mass is 32.1. The molecule has 5 nitrogen and oxygen atoms in total. The summed E-state index contributed by atoms with van der Waals surface area (Å²) in [6.07, 6.45) is 0. The Morgan fingerprint density at radius 3 is 2.61 bits per heavy atom. The summed E-state index contributed by atoms with van der Waals surface area (Å²) < 4.78 is 10.9. The first-order chi connectivity index (χ1) is 10.9. The van der Waals surface area contributed by atoms with Crippen LogP contribution in [0.5, 0.6) is 5.75 Å². The summed E-state index contributed by atoms with van der Waals surface area (Å²) >= 11 is 1.49. The molecule has 0 atom stereocenters. The third-order valence-corrected chi connectivity index (χ3v) is 4.27. The van der Waals surface area contributed by atoms with Gasteiger partial charge < -0.3 is 9.15 Å². The van der Waals surface area contributed by atoms with Gasteiger partial charge in [-0.05, 0) is 32.4 Å². The molecule has 2 heterocycles. The van der Waals surface area contributed by atoms with E-state index in [0.717, 1.165) is 5.01 Å². The normalized spacial score (nSPS) is 11.0. The number of hydrogen-bond acceptors (Lipinski definition) is 6. The predicted molar refractivity (Wildman–Crippen MR) is 89.1 cm³/mol. The smallest absolute Gasteiger partial charge is 0.308 e.